The fourth-order valence-corrected chi connectivity index (χ4v) is 5.80. The van der Waals surface area contributed by atoms with Crippen molar-refractivity contribution in [2.24, 2.45) is 10.1 Å². The van der Waals surface area contributed by atoms with E-state index < -0.39 is 21.1 Å². The minimum Gasteiger partial charge on any atom is -0.438 e. The summed E-state index contributed by atoms with van der Waals surface area (Å²) in [4.78, 5) is 18.0. The van der Waals surface area contributed by atoms with Gasteiger partial charge in [0.1, 0.15) is 21.0 Å². The summed E-state index contributed by atoms with van der Waals surface area (Å²) in [5, 5.41) is 0. The number of nitrogens with zero attached hydrogens (tertiary/aromatic N) is 2. The van der Waals surface area contributed by atoms with Crippen LogP contribution in [0.25, 0.3) is 0 Å². The highest BCUT2D eigenvalue weighted by Crippen LogP contribution is 2.38. The number of nitrogens with two attached hydrogens (primary N) is 2. The van der Waals surface area contributed by atoms with Gasteiger partial charge in [0.2, 0.25) is 5.88 Å². The Bertz CT molecular complexity index is 1370. The van der Waals surface area contributed by atoms with Gasteiger partial charge in [-0.3, -0.25) is 4.79 Å². The number of anilines is 1. The van der Waals surface area contributed by atoms with Crippen molar-refractivity contribution in [1.82, 2.24) is 4.98 Å². The van der Waals surface area contributed by atoms with Crippen LogP contribution in [-0.2, 0) is 15.1 Å². The SMILES string of the molecule is CN=S(=O)(c1cccc(N)c1)c1cc(C(C)(C)C)nc(Oc2c(C)cc(C)cc2C)c1C(N)=O. The minimum absolute atomic E-state index is 0.00487. The van der Waals surface area contributed by atoms with Gasteiger partial charge >= 0.3 is 0 Å². The molecular weight excluding hydrogens is 448 g/mol. The molecule has 3 rings (SSSR count). The third-order valence-corrected chi connectivity index (χ3v) is 7.83. The van der Waals surface area contributed by atoms with Gasteiger partial charge in [0.25, 0.3) is 5.91 Å². The molecule has 1 atom stereocenters. The number of hydrogen-bond acceptors (Lipinski definition) is 6. The molecule has 0 fully saturated rings. The van der Waals surface area contributed by atoms with Gasteiger partial charge in [0.15, 0.2) is 0 Å². The average molecular weight is 481 g/mol. The van der Waals surface area contributed by atoms with E-state index in [2.05, 4.69) is 9.35 Å². The van der Waals surface area contributed by atoms with E-state index in [-0.39, 0.29) is 16.3 Å². The van der Waals surface area contributed by atoms with Crippen LogP contribution in [0.4, 0.5) is 5.69 Å². The molecule has 0 saturated heterocycles. The van der Waals surface area contributed by atoms with E-state index in [4.69, 9.17) is 16.2 Å². The second-order valence-electron chi connectivity index (χ2n) is 9.41. The van der Waals surface area contributed by atoms with Crippen LogP contribution in [0.15, 0.2) is 56.6 Å². The molecule has 0 saturated carbocycles. The third-order valence-electron chi connectivity index (χ3n) is 5.50. The van der Waals surface area contributed by atoms with Gasteiger partial charge < -0.3 is 16.2 Å². The van der Waals surface area contributed by atoms with Crippen molar-refractivity contribution in [1.29, 1.82) is 0 Å². The topological polar surface area (TPSA) is 121 Å². The first kappa shape index (κ1) is 25.2. The predicted molar refractivity (Wildman–Crippen MR) is 136 cm³/mol. The molecular formula is C26H32N4O3S. The molecule has 1 heterocycles. The number of hydrogen-bond donors (Lipinski definition) is 2. The van der Waals surface area contributed by atoms with Crippen molar-refractivity contribution in [3.63, 3.8) is 0 Å². The largest absolute Gasteiger partial charge is 0.438 e. The van der Waals surface area contributed by atoms with Gasteiger partial charge in [-0.1, -0.05) is 44.5 Å². The molecule has 0 bridgehead atoms. The van der Waals surface area contributed by atoms with E-state index in [1.807, 2.05) is 53.7 Å². The first-order chi connectivity index (χ1) is 15.8. The standard InChI is InChI=1S/C26H32N4O3S/c1-15-11-16(2)23(17(3)12-15)33-25-22(24(28)31)20(14-21(30-25)26(4,5)6)34(32,29-7)19-10-8-9-18(27)13-19/h8-14H,27H2,1-7H3,(H2,28,31). The maximum Gasteiger partial charge on any atom is 0.255 e. The first-order valence-electron chi connectivity index (χ1n) is 10.9. The highest BCUT2D eigenvalue weighted by Gasteiger charge is 2.31. The molecule has 34 heavy (non-hydrogen) atoms. The van der Waals surface area contributed by atoms with Crippen LogP contribution >= 0.6 is 0 Å². The molecule has 0 aliphatic rings. The van der Waals surface area contributed by atoms with E-state index >= 15 is 0 Å². The van der Waals surface area contributed by atoms with Gasteiger partial charge in [-0.25, -0.2) is 13.6 Å². The fraction of sp³-hybridized carbons (Fsp3) is 0.308. The van der Waals surface area contributed by atoms with Crippen LogP contribution in [0, 0.1) is 20.8 Å². The molecule has 180 valence electrons. The van der Waals surface area contributed by atoms with Crippen LogP contribution in [0.1, 0.15) is 53.5 Å². The van der Waals surface area contributed by atoms with Crippen LogP contribution in [-0.4, -0.2) is 22.1 Å². The monoisotopic (exact) mass is 480 g/mol. The normalized spacial score (nSPS) is 13.3. The van der Waals surface area contributed by atoms with Gasteiger partial charge in [0.05, 0.1) is 15.5 Å². The summed E-state index contributed by atoms with van der Waals surface area (Å²) < 4.78 is 24.9. The van der Waals surface area contributed by atoms with E-state index in [1.54, 1.807) is 30.3 Å². The number of aryl methyl sites for hydroxylation is 3. The van der Waals surface area contributed by atoms with Crippen molar-refractivity contribution < 1.29 is 13.7 Å². The molecule has 7 nitrogen and oxygen atoms in total. The Kier molecular flexibility index (Phi) is 6.75. The maximum atomic E-state index is 14.4. The highest BCUT2D eigenvalue weighted by atomic mass is 32.2. The number of carbonyl (C=O) groups excluding carboxylic acids is 1. The van der Waals surface area contributed by atoms with Crippen LogP contribution in [0.3, 0.4) is 0 Å². The lowest BCUT2D eigenvalue weighted by molar-refractivity contribution is 0.0994. The lowest BCUT2D eigenvalue weighted by Crippen LogP contribution is -2.22. The zero-order valence-electron chi connectivity index (χ0n) is 20.7. The quantitative estimate of drug-likeness (QED) is 0.480. The second-order valence-corrected chi connectivity index (χ2v) is 11.7. The summed E-state index contributed by atoms with van der Waals surface area (Å²) in [6.07, 6.45) is 0. The smallest absolute Gasteiger partial charge is 0.255 e. The molecule has 8 heteroatoms. The average Bonchev–Trinajstić information content (AvgIpc) is 2.74. The molecule has 1 amide bonds. The number of pyridine rings is 1. The Labute approximate surface area is 201 Å². The molecule has 0 aliphatic carbocycles. The number of ether oxygens (including phenoxy) is 1. The van der Waals surface area contributed by atoms with Crippen molar-refractivity contribution in [2.45, 2.75) is 56.7 Å². The summed E-state index contributed by atoms with van der Waals surface area (Å²) in [6.45, 7) is 11.8. The molecule has 4 N–H and O–H groups in total. The maximum absolute atomic E-state index is 14.4. The van der Waals surface area contributed by atoms with Crippen LogP contribution in [0.2, 0.25) is 0 Å². The van der Waals surface area contributed by atoms with Crippen molar-refractivity contribution >= 4 is 21.3 Å². The third kappa shape index (κ3) is 4.77. The van der Waals surface area contributed by atoms with E-state index in [0.717, 1.165) is 16.7 Å². The van der Waals surface area contributed by atoms with Crippen molar-refractivity contribution in [3.05, 3.63) is 70.4 Å². The zero-order chi connectivity index (χ0) is 25.4. The lowest BCUT2D eigenvalue weighted by atomic mass is 9.91. The van der Waals surface area contributed by atoms with Crippen LogP contribution < -0.4 is 16.2 Å². The van der Waals surface area contributed by atoms with Crippen LogP contribution in [0.5, 0.6) is 11.6 Å². The fourth-order valence-electron chi connectivity index (χ4n) is 3.84. The summed E-state index contributed by atoms with van der Waals surface area (Å²) >= 11 is 0. The van der Waals surface area contributed by atoms with E-state index in [9.17, 15) is 9.00 Å². The Hall–Kier alpha value is -3.39. The van der Waals surface area contributed by atoms with Crippen molar-refractivity contribution in [3.8, 4) is 11.6 Å². The number of aromatic nitrogens is 1. The number of amides is 1. The summed E-state index contributed by atoms with van der Waals surface area (Å²) in [7, 11) is -1.84. The number of benzene rings is 2. The van der Waals surface area contributed by atoms with Gasteiger partial charge in [-0.15, -0.1) is 0 Å². The molecule has 0 aliphatic heterocycles. The summed E-state index contributed by atoms with van der Waals surface area (Å²) in [5.41, 5.74) is 15.2. The Morgan fingerprint density at radius 2 is 1.68 bits per heavy atom. The number of carbonyl (C=O) groups is 1. The van der Waals surface area contributed by atoms with Crippen molar-refractivity contribution in [2.75, 3.05) is 12.8 Å². The summed E-state index contributed by atoms with van der Waals surface area (Å²) in [5.74, 6) is -0.229. The number of primary amides is 1. The Morgan fingerprint density at radius 3 is 2.18 bits per heavy atom. The zero-order valence-corrected chi connectivity index (χ0v) is 21.5. The van der Waals surface area contributed by atoms with Gasteiger partial charge in [-0.2, -0.15) is 0 Å². The Morgan fingerprint density at radius 1 is 1.06 bits per heavy atom. The van der Waals surface area contributed by atoms with E-state index in [0.29, 0.717) is 22.0 Å². The molecule has 0 spiro atoms. The summed E-state index contributed by atoms with van der Waals surface area (Å²) in [6, 6.07) is 12.3. The van der Waals surface area contributed by atoms with E-state index in [1.165, 1.54) is 7.05 Å². The van der Waals surface area contributed by atoms with Gasteiger partial charge in [-0.05, 0) is 56.2 Å². The number of rotatable bonds is 5. The predicted octanol–water partition coefficient (Wildman–Crippen LogP) is 5.29. The molecule has 1 unspecified atom stereocenters. The molecule has 1 aromatic heterocycles. The molecule has 0 radical (unpaired) electrons. The second kappa shape index (κ2) is 9.10. The minimum atomic E-state index is -3.28. The molecule has 3 aromatic rings. The van der Waals surface area contributed by atoms with Gasteiger partial charge in [0, 0.05) is 18.2 Å². The highest BCUT2D eigenvalue weighted by molar-refractivity contribution is 7.93. The number of nitrogen functional groups attached to an aromatic ring is 1. The lowest BCUT2D eigenvalue weighted by Gasteiger charge is -2.24. The molecule has 2 aromatic carbocycles. The first-order valence-corrected chi connectivity index (χ1v) is 12.4. The Balaban J connectivity index is 2.42.